The lowest BCUT2D eigenvalue weighted by atomic mass is 10.1. The number of thiophene rings is 1. The third-order valence-corrected chi connectivity index (χ3v) is 4.18. The molecule has 22 heavy (non-hydrogen) atoms. The van der Waals surface area contributed by atoms with E-state index in [9.17, 15) is 9.59 Å². The maximum absolute atomic E-state index is 12.3. The highest BCUT2D eigenvalue weighted by Gasteiger charge is 2.36. The summed E-state index contributed by atoms with van der Waals surface area (Å²) in [6.07, 6.45) is 3.17. The molecule has 2 amide bonds. The maximum Gasteiger partial charge on any atom is 0.417 e. The monoisotopic (exact) mass is 313 g/mol. The van der Waals surface area contributed by atoms with Crippen molar-refractivity contribution in [1.82, 2.24) is 4.90 Å². The summed E-state index contributed by atoms with van der Waals surface area (Å²) >= 11 is 1.56. The van der Waals surface area contributed by atoms with Gasteiger partial charge >= 0.3 is 6.09 Å². The Morgan fingerprint density at radius 2 is 2.14 bits per heavy atom. The first-order valence-corrected chi connectivity index (χ1v) is 7.92. The second-order valence-electron chi connectivity index (χ2n) is 5.02. The second kappa shape index (κ2) is 6.58. The summed E-state index contributed by atoms with van der Waals surface area (Å²) in [5.74, 6) is -0.338. The Kier molecular flexibility index (Phi) is 4.34. The van der Waals surface area contributed by atoms with E-state index in [1.54, 1.807) is 17.4 Å². The number of benzene rings is 1. The van der Waals surface area contributed by atoms with Crippen LogP contribution in [0, 0.1) is 0 Å². The van der Waals surface area contributed by atoms with Crippen LogP contribution in [0.4, 0.5) is 4.79 Å². The van der Waals surface area contributed by atoms with Gasteiger partial charge in [0, 0.05) is 6.08 Å². The molecule has 3 rings (SSSR count). The van der Waals surface area contributed by atoms with Gasteiger partial charge in [-0.15, -0.1) is 0 Å². The lowest BCUT2D eigenvalue weighted by molar-refractivity contribution is -0.124. The third kappa shape index (κ3) is 3.26. The van der Waals surface area contributed by atoms with Crippen LogP contribution in [0.25, 0.3) is 6.08 Å². The summed E-state index contributed by atoms with van der Waals surface area (Å²) in [6, 6.07) is 11.4. The van der Waals surface area contributed by atoms with Crippen LogP contribution in [0.2, 0.25) is 0 Å². The van der Waals surface area contributed by atoms with Crippen LogP contribution in [0.15, 0.2) is 53.2 Å². The first kappa shape index (κ1) is 14.5. The summed E-state index contributed by atoms with van der Waals surface area (Å²) in [5, 5.41) is 3.88. The van der Waals surface area contributed by atoms with Gasteiger partial charge in [-0.3, -0.25) is 4.79 Å². The van der Waals surface area contributed by atoms with E-state index in [1.165, 1.54) is 11.0 Å². The summed E-state index contributed by atoms with van der Waals surface area (Å²) in [5.41, 5.74) is 2.02. The molecule has 1 aromatic heterocycles. The zero-order valence-corrected chi connectivity index (χ0v) is 12.7. The number of carbonyl (C=O) groups excluding carboxylic acids is 2. The molecule has 0 aliphatic carbocycles. The van der Waals surface area contributed by atoms with Crippen LogP contribution in [-0.2, 0) is 16.0 Å². The minimum atomic E-state index is -0.569. The molecule has 2 aromatic rings. The molecule has 4 nitrogen and oxygen atoms in total. The van der Waals surface area contributed by atoms with E-state index < -0.39 is 6.09 Å². The van der Waals surface area contributed by atoms with Crippen molar-refractivity contribution >= 4 is 29.4 Å². The third-order valence-electron chi connectivity index (χ3n) is 3.47. The SMILES string of the molecule is O=C(/C=C/c1ccsc1)N1C(=O)OC[C@@H]1Cc1ccccc1. The minimum Gasteiger partial charge on any atom is -0.447 e. The van der Waals surface area contributed by atoms with Crippen LogP contribution < -0.4 is 0 Å². The predicted molar refractivity (Wildman–Crippen MR) is 85.5 cm³/mol. The fourth-order valence-electron chi connectivity index (χ4n) is 2.38. The molecule has 0 N–H and O–H groups in total. The number of carbonyl (C=O) groups is 2. The van der Waals surface area contributed by atoms with E-state index >= 15 is 0 Å². The van der Waals surface area contributed by atoms with E-state index in [4.69, 9.17) is 4.74 Å². The second-order valence-corrected chi connectivity index (χ2v) is 5.80. The summed E-state index contributed by atoms with van der Waals surface area (Å²) in [4.78, 5) is 25.3. The Morgan fingerprint density at radius 1 is 1.32 bits per heavy atom. The Labute approximate surface area is 132 Å². The first-order chi connectivity index (χ1) is 10.7. The van der Waals surface area contributed by atoms with Crippen LogP contribution in [-0.4, -0.2) is 29.5 Å². The molecule has 0 radical (unpaired) electrons. The smallest absolute Gasteiger partial charge is 0.417 e. The van der Waals surface area contributed by atoms with Gasteiger partial charge in [0.15, 0.2) is 0 Å². The predicted octanol–water partition coefficient (Wildman–Crippen LogP) is 3.35. The van der Waals surface area contributed by atoms with Crippen molar-refractivity contribution in [3.05, 3.63) is 64.4 Å². The Bertz CT molecular complexity index is 679. The van der Waals surface area contributed by atoms with Crippen molar-refractivity contribution in [2.24, 2.45) is 0 Å². The van der Waals surface area contributed by atoms with Gasteiger partial charge in [-0.25, -0.2) is 9.69 Å². The van der Waals surface area contributed by atoms with E-state index in [0.717, 1.165) is 11.1 Å². The van der Waals surface area contributed by atoms with Crippen molar-refractivity contribution in [2.75, 3.05) is 6.61 Å². The van der Waals surface area contributed by atoms with Crippen molar-refractivity contribution in [2.45, 2.75) is 12.5 Å². The fourth-order valence-corrected chi connectivity index (χ4v) is 3.01. The molecule has 5 heteroatoms. The molecular weight excluding hydrogens is 298 g/mol. The normalized spacial score (nSPS) is 17.9. The summed E-state index contributed by atoms with van der Waals surface area (Å²) in [7, 11) is 0. The van der Waals surface area contributed by atoms with Crippen LogP contribution in [0.5, 0.6) is 0 Å². The van der Waals surface area contributed by atoms with Gasteiger partial charge < -0.3 is 4.74 Å². The number of hydrogen-bond acceptors (Lipinski definition) is 4. The van der Waals surface area contributed by atoms with Crippen molar-refractivity contribution in [3.63, 3.8) is 0 Å². The molecule has 0 unspecified atom stereocenters. The topological polar surface area (TPSA) is 46.6 Å². The van der Waals surface area contributed by atoms with E-state index in [-0.39, 0.29) is 18.6 Å². The average Bonchev–Trinajstić information content (AvgIpc) is 3.16. The van der Waals surface area contributed by atoms with Crippen LogP contribution in [0.3, 0.4) is 0 Å². The Morgan fingerprint density at radius 3 is 2.86 bits per heavy atom. The fraction of sp³-hybridized carbons (Fsp3) is 0.176. The lowest BCUT2D eigenvalue weighted by Gasteiger charge is -2.18. The molecule has 2 heterocycles. The summed E-state index contributed by atoms with van der Waals surface area (Å²) < 4.78 is 5.04. The first-order valence-electron chi connectivity index (χ1n) is 6.98. The number of rotatable bonds is 4. The van der Waals surface area contributed by atoms with Gasteiger partial charge in [0.1, 0.15) is 6.61 Å². The van der Waals surface area contributed by atoms with Gasteiger partial charge in [-0.2, -0.15) is 11.3 Å². The number of imide groups is 1. The standard InChI is InChI=1S/C17H15NO3S/c19-16(7-6-14-8-9-22-12-14)18-15(11-21-17(18)20)10-13-4-2-1-3-5-13/h1-9,12,15H,10-11H2/b7-6+/t15-/m0/s1. The minimum absolute atomic E-state index is 0.242. The van der Waals surface area contributed by atoms with Crippen LogP contribution in [0.1, 0.15) is 11.1 Å². The highest BCUT2D eigenvalue weighted by molar-refractivity contribution is 7.08. The Balaban J connectivity index is 1.72. The molecule has 0 spiro atoms. The molecule has 1 saturated heterocycles. The van der Waals surface area contributed by atoms with Gasteiger partial charge in [0.05, 0.1) is 6.04 Å². The molecule has 0 saturated carbocycles. The molecule has 1 atom stereocenters. The van der Waals surface area contributed by atoms with Crippen LogP contribution >= 0.6 is 11.3 Å². The van der Waals surface area contributed by atoms with Gasteiger partial charge in [-0.05, 0) is 40.5 Å². The molecule has 1 aliphatic heterocycles. The highest BCUT2D eigenvalue weighted by atomic mass is 32.1. The van der Waals surface area contributed by atoms with Gasteiger partial charge in [-0.1, -0.05) is 30.3 Å². The average molecular weight is 313 g/mol. The molecule has 112 valence electrons. The zero-order valence-electron chi connectivity index (χ0n) is 11.8. The lowest BCUT2D eigenvalue weighted by Crippen LogP contribution is -2.39. The molecular formula is C17H15NO3S. The van der Waals surface area contributed by atoms with Crippen molar-refractivity contribution in [3.8, 4) is 0 Å². The zero-order chi connectivity index (χ0) is 15.4. The molecule has 0 bridgehead atoms. The number of ether oxygens (including phenoxy) is 1. The largest absolute Gasteiger partial charge is 0.447 e. The van der Waals surface area contributed by atoms with E-state index in [0.29, 0.717) is 6.42 Å². The number of hydrogen-bond donors (Lipinski definition) is 0. The van der Waals surface area contributed by atoms with E-state index in [2.05, 4.69) is 0 Å². The summed E-state index contributed by atoms with van der Waals surface area (Å²) in [6.45, 7) is 0.242. The number of amides is 2. The maximum atomic E-state index is 12.3. The van der Waals surface area contributed by atoms with Crippen molar-refractivity contribution < 1.29 is 14.3 Å². The molecule has 1 fully saturated rings. The van der Waals surface area contributed by atoms with Gasteiger partial charge in [0.25, 0.3) is 5.91 Å². The quantitative estimate of drug-likeness (QED) is 0.813. The molecule has 1 aromatic carbocycles. The number of cyclic esters (lactones) is 1. The van der Waals surface area contributed by atoms with E-state index in [1.807, 2.05) is 47.2 Å². The highest BCUT2D eigenvalue weighted by Crippen LogP contribution is 2.18. The van der Waals surface area contributed by atoms with Crippen molar-refractivity contribution in [1.29, 1.82) is 0 Å². The molecule has 1 aliphatic rings. The number of nitrogens with zero attached hydrogens (tertiary/aromatic N) is 1. The van der Waals surface area contributed by atoms with Gasteiger partial charge in [0.2, 0.25) is 0 Å². The Hall–Kier alpha value is -2.40.